The van der Waals surface area contributed by atoms with Crippen LogP contribution in [0.3, 0.4) is 0 Å². The third-order valence-electron chi connectivity index (χ3n) is 4.24. The highest BCUT2D eigenvalue weighted by Gasteiger charge is 2.52. The summed E-state index contributed by atoms with van der Waals surface area (Å²) in [4.78, 5) is 10.6. The average Bonchev–Trinajstić information content (AvgIpc) is 2.65. The number of halogens is 1. The van der Waals surface area contributed by atoms with Crippen molar-refractivity contribution >= 4 is 34.2 Å². The van der Waals surface area contributed by atoms with E-state index >= 15 is 0 Å². The summed E-state index contributed by atoms with van der Waals surface area (Å²) in [6.45, 7) is 7.62. The van der Waals surface area contributed by atoms with Crippen LogP contribution in [0.1, 0.15) is 38.8 Å². The van der Waals surface area contributed by atoms with Crippen molar-refractivity contribution in [2.45, 2.75) is 44.2 Å². The van der Waals surface area contributed by atoms with Gasteiger partial charge in [-0.2, -0.15) is 5.26 Å². The summed E-state index contributed by atoms with van der Waals surface area (Å²) in [5, 5.41) is 20.7. The van der Waals surface area contributed by atoms with Crippen molar-refractivity contribution < 1.29 is 14.2 Å². The lowest BCUT2D eigenvalue weighted by molar-refractivity contribution is -0.384. The van der Waals surface area contributed by atoms with Crippen LogP contribution in [0, 0.1) is 21.4 Å². The Labute approximate surface area is 137 Å². The maximum absolute atomic E-state index is 11.1. The number of hydrogen-bond donors (Lipinski definition) is 0. The Morgan fingerprint density at radius 3 is 2.27 bits per heavy atom. The fraction of sp³-hybridized carbons (Fsp3) is 0.500. The van der Waals surface area contributed by atoms with E-state index in [4.69, 9.17) is 9.31 Å². The second-order valence-corrected chi connectivity index (χ2v) is 6.71. The van der Waals surface area contributed by atoms with E-state index in [9.17, 15) is 15.4 Å². The van der Waals surface area contributed by atoms with Gasteiger partial charge in [0.15, 0.2) is 0 Å². The van der Waals surface area contributed by atoms with E-state index in [2.05, 4.69) is 15.9 Å². The molecule has 22 heavy (non-hydrogen) atoms. The van der Waals surface area contributed by atoms with Crippen molar-refractivity contribution in [3.05, 3.63) is 33.4 Å². The van der Waals surface area contributed by atoms with Gasteiger partial charge in [0.05, 0.1) is 27.8 Å². The molecule has 1 saturated heterocycles. The summed E-state index contributed by atoms with van der Waals surface area (Å²) in [5.41, 5.74) is 0.145. The normalized spacial score (nSPS) is 19.0. The molecule has 0 N–H and O–H groups in total. The van der Waals surface area contributed by atoms with Crippen LogP contribution >= 0.6 is 15.9 Å². The Balaban J connectivity index is 2.58. The van der Waals surface area contributed by atoms with Crippen LogP contribution in [0.5, 0.6) is 0 Å². The van der Waals surface area contributed by atoms with E-state index in [1.807, 2.05) is 33.8 Å². The maximum Gasteiger partial charge on any atom is 0.495 e. The van der Waals surface area contributed by atoms with Crippen LogP contribution in [-0.2, 0) is 14.6 Å². The molecule has 1 aliphatic heterocycles. The van der Waals surface area contributed by atoms with Gasteiger partial charge < -0.3 is 9.31 Å². The predicted octanol–water partition coefficient (Wildman–Crippen LogP) is 2.66. The Bertz CT molecular complexity index is 654. The minimum Gasteiger partial charge on any atom is -0.399 e. The van der Waals surface area contributed by atoms with Crippen LogP contribution in [0.4, 0.5) is 5.69 Å². The van der Waals surface area contributed by atoms with E-state index in [0.29, 0.717) is 16.4 Å². The van der Waals surface area contributed by atoms with Gasteiger partial charge in [-0.25, -0.2) is 0 Å². The molecule has 8 heteroatoms. The lowest BCUT2D eigenvalue weighted by Gasteiger charge is -2.32. The average molecular weight is 367 g/mol. The first-order chi connectivity index (χ1) is 10.1. The number of nitro benzene ring substituents is 1. The van der Waals surface area contributed by atoms with Crippen molar-refractivity contribution in [3.8, 4) is 6.07 Å². The number of benzene rings is 1. The first kappa shape index (κ1) is 16.9. The molecule has 1 fully saturated rings. The highest BCUT2D eigenvalue weighted by atomic mass is 79.9. The van der Waals surface area contributed by atoms with Crippen molar-refractivity contribution in [2.24, 2.45) is 0 Å². The molecule has 0 radical (unpaired) electrons. The van der Waals surface area contributed by atoms with E-state index in [1.165, 1.54) is 12.1 Å². The summed E-state index contributed by atoms with van der Waals surface area (Å²) in [5.74, 6) is 0. The number of non-ortho nitro benzene ring substituents is 1. The number of nitrogens with zero attached hydrogens (tertiary/aromatic N) is 2. The first-order valence-corrected chi connectivity index (χ1v) is 7.88. The molecule has 0 amide bonds. The Kier molecular flexibility index (Phi) is 4.35. The molecule has 0 aromatic heterocycles. The van der Waals surface area contributed by atoms with E-state index < -0.39 is 23.2 Å². The molecule has 1 heterocycles. The highest BCUT2D eigenvalue weighted by Crippen LogP contribution is 2.37. The molecular weight excluding hydrogens is 351 g/mol. The lowest BCUT2D eigenvalue weighted by Crippen LogP contribution is -2.41. The third kappa shape index (κ3) is 2.76. The highest BCUT2D eigenvalue weighted by molar-refractivity contribution is 9.08. The Morgan fingerprint density at radius 1 is 1.32 bits per heavy atom. The van der Waals surface area contributed by atoms with Gasteiger partial charge in [-0.3, -0.25) is 10.1 Å². The molecule has 0 unspecified atom stereocenters. The molecule has 6 nitrogen and oxygen atoms in total. The number of nitro groups is 1. The second kappa shape index (κ2) is 5.65. The summed E-state index contributed by atoms with van der Waals surface area (Å²) < 4.78 is 11.9. The molecule has 0 saturated carbocycles. The zero-order valence-electron chi connectivity index (χ0n) is 12.8. The van der Waals surface area contributed by atoms with Crippen molar-refractivity contribution in [3.63, 3.8) is 0 Å². The summed E-state index contributed by atoms with van der Waals surface area (Å²) >= 11 is 3.33. The van der Waals surface area contributed by atoms with Gasteiger partial charge in [0.1, 0.15) is 0 Å². The van der Waals surface area contributed by atoms with Crippen LogP contribution in [0.15, 0.2) is 12.1 Å². The van der Waals surface area contributed by atoms with Gasteiger partial charge in [0.25, 0.3) is 5.69 Å². The molecule has 0 atom stereocenters. The van der Waals surface area contributed by atoms with Crippen LogP contribution < -0.4 is 5.46 Å². The Morgan fingerprint density at radius 2 is 1.86 bits per heavy atom. The van der Waals surface area contributed by atoms with E-state index in [-0.39, 0.29) is 11.3 Å². The summed E-state index contributed by atoms with van der Waals surface area (Å²) in [7, 11) is -0.746. The molecule has 1 aromatic rings. The topological polar surface area (TPSA) is 85.4 Å². The van der Waals surface area contributed by atoms with Crippen LogP contribution in [0.25, 0.3) is 0 Å². The monoisotopic (exact) mass is 366 g/mol. The quantitative estimate of drug-likeness (QED) is 0.355. The number of hydrogen-bond acceptors (Lipinski definition) is 5. The van der Waals surface area contributed by atoms with Crippen LogP contribution in [-0.4, -0.2) is 23.2 Å². The van der Waals surface area contributed by atoms with E-state index in [1.54, 1.807) is 0 Å². The molecule has 1 aliphatic rings. The maximum atomic E-state index is 11.1. The zero-order chi connectivity index (χ0) is 16.7. The zero-order valence-corrected chi connectivity index (χ0v) is 14.4. The lowest BCUT2D eigenvalue weighted by atomic mass is 9.75. The van der Waals surface area contributed by atoms with Gasteiger partial charge in [-0.15, -0.1) is 0 Å². The van der Waals surface area contributed by atoms with Crippen LogP contribution in [0.2, 0.25) is 0 Å². The molecule has 0 aliphatic carbocycles. The van der Waals surface area contributed by atoms with E-state index in [0.717, 1.165) is 0 Å². The fourth-order valence-electron chi connectivity index (χ4n) is 2.21. The fourth-order valence-corrected chi connectivity index (χ4v) is 2.84. The minimum absolute atomic E-state index is 0.147. The number of rotatable bonds is 3. The minimum atomic E-state index is -0.746. The molecule has 0 spiro atoms. The molecule has 2 rings (SSSR count). The SMILES string of the molecule is CC1(C)OB(c2cc([N+](=O)[O-])cc(C#N)c2CBr)OC1(C)C. The van der Waals surface area contributed by atoms with Crippen molar-refractivity contribution in [1.29, 1.82) is 5.26 Å². The first-order valence-electron chi connectivity index (χ1n) is 6.76. The molecule has 0 bridgehead atoms. The third-order valence-corrected chi connectivity index (χ3v) is 4.80. The number of alkyl halides is 1. The van der Waals surface area contributed by atoms with Crippen molar-refractivity contribution in [2.75, 3.05) is 0 Å². The van der Waals surface area contributed by atoms with Gasteiger partial charge >= 0.3 is 7.12 Å². The molecule has 116 valence electrons. The summed E-state index contributed by atoms with van der Waals surface area (Å²) in [6, 6.07) is 4.69. The van der Waals surface area contributed by atoms with Gasteiger partial charge in [-0.05, 0) is 38.7 Å². The standard InChI is InChI=1S/C14H16BBrN2O4/c1-13(2)14(3,4)22-15(21-13)12-6-10(18(19)20)5-9(8-17)11(12)7-16/h5-6H,7H2,1-4H3. The Hall–Kier alpha value is -1.43. The summed E-state index contributed by atoms with van der Waals surface area (Å²) in [6.07, 6.45) is 0. The molecule has 1 aromatic carbocycles. The predicted molar refractivity (Wildman–Crippen MR) is 86.2 cm³/mol. The van der Waals surface area contributed by atoms with Crippen molar-refractivity contribution in [1.82, 2.24) is 0 Å². The van der Waals surface area contributed by atoms with Gasteiger partial charge in [0.2, 0.25) is 0 Å². The van der Waals surface area contributed by atoms with Gasteiger partial charge in [0, 0.05) is 17.5 Å². The second-order valence-electron chi connectivity index (χ2n) is 6.15. The smallest absolute Gasteiger partial charge is 0.399 e. The number of nitriles is 1. The largest absolute Gasteiger partial charge is 0.495 e. The molecular formula is C14H16BBrN2O4. The van der Waals surface area contributed by atoms with Gasteiger partial charge in [-0.1, -0.05) is 15.9 Å².